The van der Waals surface area contributed by atoms with Gasteiger partial charge in [-0.2, -0.15) is 0 Å². The molecule has 0 unspecified atom stereocenters. The zero-order valence-corrected chi connectivity index (χ0v) is 8.35. The first-order valence-corrected chi connectivity index (χ1v) is 4.37. The van der Waals surface area contributed by atoms with Crippen LogP contribution in [0, 0.1) is 11.3 Å². The highest BCUT2D eigenvalue weighted by molar-refractivity contribution is 5.79. The van der Waals surface area contributed by atoms with Gasteiger partial charge in [-0.05, 0) is 12.5 Å². The molecule has 1 rings (SSSR count). The van der Waals surface area contributed by atoms with E-state index in [4.69, 9.17) is 0 Å². The highest BCUT2D eigenvalue weighted by Crippen LogP contribution is 2.34. The van der Waals surface area contributed by atoms with E-state index in [0.717, 1.165) is 13.1 Å². The Bertz CT molecular complexity index is 189. The molecule has 1 heterocycles. The molecule has 0 bridgehead atoms. The quantitative estimate of drug-likeness (QED) is 0.614. The van der Waals surface area contributed by atoms with Gasteiger partial charge in [0.2, 0.25) is 5.91 Å². The van der Waals surface area contributed by atoms with Crippen molar-refractivity contribution in [3.05, 3.63) is 0 Å². The first-order chi connectivity index (χ1) is 5.47. The van der Waals surface area contributed by atoms with Crippen molar-refractivity contribution < 1.29 is 4.79 Å². The van der Waals surface area contributed by atoms with Crippen LogP contribution in [0.15, 0.2) is 0 Å². The molecule has 0 aromatic rings. The van der Waals surface area contributed by atoms with E-state index in [-0.39, 0.29) is 17.2 Å². The van der Waals surface area contributed by atoms with Crippen molar-refractivity contribution >= 4 is 5.91 Å². The molecule has 0 aromatic heterocycles. The molecule has 12 heavy (non-hydrogen) atoms. The molecular weight excluding hydrogens is 152 g/mol. The number of rotatable bonds is 1. The summed E-state index contributed by atoms with van der Waals surface area (Å²) in [6.07, 6.45) is 0. The van der Waals surface area contributed by atoms with E-state index in [1.807, 2.05) is 0 Å². The molecule has 1 atom stereocenters. The molecule has 0 saturated carbocycles. The summed E-state index contributed by atoms with van der Waals surface area (Å²) in [5.41, 5.74) is 0.120. The van der Waals surface area contributed by atoms with Crippen LogP contribution in [-0.4, -0.2) is 38.0 Å². The van der Waals surface area contributed by atoms with Crippen molar-refractivity contribution in [3.8, 4) is 0 Å². The molecular formula is C9H18N2O. The summed E-state index contributed by atoms with van der Waals surface area (Å²) in [6, 6.07) is 0. The molecule has 70 valence electrons. The Morgan fingerprint density at radius 1 is 1.58 bits per heavy atom. The standard InChI is InChI=1S/C9H18N2O/c1-9(2)6-11(4)5-7(9)8(12)10-3/h7H,5-6H2,1-4H3,(H,10,12)/t7-/m1/s1. The number of likely N-dealkylation sites (tertiary alicyclic amines) is 1. The van der Waals surface area contributed by atoms with Crippen LogP contribution in [0.5, 0.6) is 0 Å². The van der Waals surface area contributed by atoms with E-state index in [2.05, 4.69) is 31.1 Å². The molecule has 0 spiro atoms. The molecule has 1 N–H and O–H groups in total. The molecule has 1 aliphatic heterocycles. The molecule has 1 saturated heterocycles. The van der Waals surface area contributed by atoms with Gasteiger partial charge in [-0.3, -0.25) is 4.79 Å². The van der Waals surface area contributed by atoms with E-state index in [0.29, 0.717) is 0 Å². The smallest absolute Gasteiger partial charge is 0.224 e. The second-order valence-corrected chi connectivity index (χ2v) is 4.35. The first kappa shape index (κ1) is 9.52. The number of amides is 1. The van der Waals surface area contributed by atoms with Gasteiger partial charge < -0.3 is 10.2 Å². The SMILES string of the molecule is CNC(=O)[C@H]1CN(C)CC1(C)C. The third-order valence-corrected chi connectivity index (χ3v) is 2.68. The minimum absolute atomic E-state index is 0.120. The van der Waals surface area contributed by atoms with Crippen molar-refractivity contribution in [1.29, 1.82) is 0 Å². The van der Waals surface area contributed by atoms with Crippen LogP contribution in [-0.2, 0) is 4.79 Å². The molecule has 1 fully saturated rings. The monoisotopic (exact) mass is 170 g/mol. The van der Waals surface area contributed by atoms with Crippen molar-refractivity contribution in [1.82, 2.24) is 10.2 Å². The van der Waals surface area contributed by atoms with Crippen LogP contribution in [0.2, 0.25) is 0 Å². The molecule has 0 aliphatic carbocycles. The number of nitrogens with zero attached hydrogens (tertiary/aromatic N) is 1. The van der Waals surface area contributed by atoms with E-state index in [1.165, 1.54) is 0 Å². The molecule has 1 amide bonds. The van der Waals surface area contributed by atoms with Crippen LogP contribution in [0.3, 0.4) is 0 Å². The predicted octanol–water partition coefficient (Wildman–Crippen LogP) is 0.320. The van der Waals surface area contributed by atoms with Gasteiger partial charge in [0.1, 0.15) is 0 Å². The number of nitrogens with one attached hydrogen (secondary N) is 1. The zero-order chi connectivity index (χ0) is 9.35. The predicted molar refractivity (Wildman–Crippen MR) is 48.8 cm³/mol. The van der Waals surface area contributed by atoms with Crippen molar-refractivity contribution in [2.24, 2.45) is 11.3 Å². The Balaban J connectivity index is 2.71. The average Bonchev–Trinajstić information content (AvgIpc) is 2.23. The van der Waals surface area contributed by atoms with Gasteiger partial charge in [0.25, 0.3) is 0 Å². The van der Waals surface area contributed by atoms with Gasteiger partial charge in [0.15, 0.2) is 0 Å². The second-order valence-electron chi connectivity index (χ2n) is 4.35. The van der Waals surface area contributed by atoms with Gasteiger partial charge in [-0.1, -0.05) is 13.8 Å². The number of carbonyl (C=O) groups excluding carboxylic acids is 1. The summed E-state index contributed by atoms with van der Waals surface area (Å²) in [4.78, 5) is 13.6. The van der Waals surface area contributed by atoms with Gasteiger partial charge in [-0.15, -0.1) is 0 Å². The molecule has 3 heteroatoms. The Morgan fingerprint density at radius 3 is 2.50 bits per heavy atom. The van der Waals surface area contributed by atoms with Gasteiger partial charge in [0, 0.05) is 20.1 Å². The number of carbonyl (C=O) groups is 1. The second kappa shape index (κ2) is 3.05. The fraction of sp³-hybridized carbons (Fsp3) is 0.889. The van der Waals surface area contributed by atoms with Gasteiger partial charge >= 0.3 is 0 Å². The van der Waals surface area contributed by atoms with Crippen LogP contribution >= 0.6 is 0 Å². The minimum Gasteiger partial charge on any atom is -0.359 e. The topological polar surface area (TPSA) is 32.3 Å². The maximum atomic E-state index is 11.4. The fourth-order valence-electron chi connectivity index (χ4n) is 2.04. The van der Waals surface area contributed by atoms with Gasteiger partial charge in [0.05, 0.1) is 5.92 Å². The zero-order valence-electron chi connectivity index (χ0n) is 8.35. The lowest BCUT2D eigenvalue weighted by atomic mass is 9.81. The number of hydrogen-bond donors (Lipinski definition) is 1. The summed E-state index contributed by atoms with van der Waals surface area (Å²) in [5, 5.41) is 2.72. The summed E-state index contributed by atoms with van der Waals surface area (Å²) < 4.78 is 0. The summed E-state index contributed by atoms with van der Waals surface area (Å²) in [7, 11) is 3.77. The minimum atomic E-state index is 0.120. The highest BCUT2D eigenvalue weighted by atomic mass is 16.1. The van der Waals surface area contributed by atoms with Crippen LogP contribution in [0.4, 0.5) is 0 Å². The lowest BCUT2D eigenvalue weighted by Gasteiger charge is -2.23. The summed E-state index contributed by atoms with van der Waals surface area (Å²) in [6.45, 7) is 6.19. The Hall–Kier alpha value is -0.570. The van der Waals surface area contributed by atoms with E-state index >= 15 is 0 Å². The van der Waals surface area contributed by atoms with E-state index < -0.39 is 0 Å². The summed E-state index contributed by atoms with van der Waals surface area (Å²) in [5.74, 6) is 0.317. The largest absolute Gasteiger partial charge is 0.359 e. The third kappa shape index (κ3) is 1.61. The third-order valence-electron chi connectivity index (χ3n) is 2.68. The van der Waals surface area contributed by atoms with Crippen LogP contribution < -0.4 is 5.32 Å². The maximum Gasteiger partial charge on any atom is 0.224 e. The Labute approximate surface area is 74.1 Å². The first-order valence-electron chi connectivity index (χ1n) is 4.37. The highest BCUT2D eigenvalue weighted by Gasteiger charge is 2.41. The Kier molecular flexibility index (Phi) is 2.42. The Morgan fingerprint density at radius 2 is 2.17 bits per heavy atom. The lowest BCUT2D eigenvalue weighted by Crippen LogP contribution is -2.36. The van der Waals surface area contributed by atoms with Crippen molar-refractivity contribution in [2.75, 3.05) is 27.2 Å². The van der Waals surface area contributed by atoms with Crippen molar-refractivity contribution in [2.45, 2.75) is 13.8 Å². The van der Waals surface area contributed by atoms with E-state index in [9.17, 15) is 4.79 Å². The lowest BCUT2D eigenvalue weighted by molar-refractivity contribution is -0.126. The maximum absolute atomic E-state index is 11.4. The molecule has 3 nitrogen and oxygen atoms in total. The fourth-order valence-corrected chi connectivity index (χ4v) is 2.04. The average molecular weight is 170 g/mol. The summed E-state index contributed by atoms with van der Waals surface area (Å²) >= 11 is 0. The van der Waals surface area contributed by atoms with Crippen LogP contribution in [0.25, 0.3) is 0 Å². The van der Waals surface area contributed by atoms with Gasteiger partial charge in [-0.25, -0.2) is 0 Å². The van der Waals surface area contributed by atoms with E-state index in [1.54, 1.807) is 7.05 Å². The van der Waals surface area contributed by atoms with Crippen molar-refractivity contribution in [3.63, 3.8) is 0 Å². The normalized spacial score (nSPS) is 28.8. The number of hydrogen-bond acceptors (Lipinski definition) is 2. The molecule has 1 aliphatic rings. The molecule has 0 aromatic carbocycles. The molecule has 0 radical (unpaired) electrons. The van der Waals surface area contributed by atoms with Crippen LogP contribution in [0.1, 0.15) is 13.8 Å².